The molecular weight excluding hydrogens is 317 g/mol. The number of hydrogen-bond acceptors (Lipinski definition) is 5. The predicted octanol–water partition coefficient (Wildman–Crippen LogP) is 2.57. The van der Waals surface area contributed by atoms with Crippen molar-refractivity contribution in [3.05, 3.63) is 69.5 Å². The number of carbonyl (C=O) groups is 1. The lowest BCUT2D eigenvalue weighted by Crippen LogP contribution is -2.24. The Morgan fingerprint density at radius 2 is 2.04 bits per heavy atom. The van der Waals surface area contributed by atoms with Gasteiger partial charge in [-0.2, -0.15) is 5.10 Å². The Morgan fingerprint density at radius 3 is 2.71 bits per heavy atom. The number of amides is 1. The molecule has 2 aromatic carbocycles. The lowest BCUT2D eigenvalue weighted by Gasteiger charge is -2.05. The number of aryl methyl sites for hydroxylation is 1. The Kier molecular flexibility index (Phi) is 5.56. The average molecular weight is 331 g/mol. The van der Waals surface area contributed by atoms with E-state index in [0.717, 1.165) is 30.0 Å². The predicted molar refractivity (Wildman–Crippen MR) is 85.5 cm³/mol. The smallest absolute Gasteiger partial charge is 0.277 e. The van der Waals surface area contributed by atoms with Crippen molar-refractivity contribution >= 4 is 17.8 Å². The number of nitro groups is 1. The second-order valence-corrected chi connectivity index (χ2v) is 4.86. The summed E-state index contributed by atoms with van der Waals surface area (Å²) in [7, 11) is 0. The molecule has 0 aliphatic carbocycles. The minimum absolute atomic E-state index is 0.107. The van der Waals surface area contributed by atoms with Crippen molar-refractivity contribution in [1.82, 2.24) is 5.43 Å². The monoisotopic (exact) mass is 331 g/mol. The Morgan fingerprint density at radius 1 is 1.33 bits per heavy atom. The SMILES string of the molecule is Cc1ccc(OCC(=O)N/N=C/c2cc([N+](=O)[O-])ccc2F)cc1. The Hall–Kier alpha value is -3.29. The van der Waals surface area contributed by atoms with Crippen molar-refractivity contribution in [2.24, 2.45) is 5.10 Å². The zero-order valence-electron chi connectivity index (χ0n) is 12.7. The number of carbonyl (C=O) groups excluding carboxylic acids is 1. The molecule has 7 nitrogen and oxygen atoms in total. The van der Waals surface area contributed by atoms with Crippen LogP contribution >= 0.6 is 0 Å². The van der Waals surface area contributed by atoms with Gasteiger partial charge in [0.25, 0.3) is 11.6 Å². The maximum Gasteiger partial charge on any atom is 0.277 e. The first-order chi connectivity index (χ1) is 11.5. The number of hydrazone groups is 1. The van der Waals surface area contributed by atoms with Gasteiger partial charge in [0.15, 0.2) is 6.61 Å². The fraction of sp³-hybridized carbons (Fsp3) is 0.125. The molecule has 1 N–H and O–H groups in total. The quantitative estimate of drug-likeness (QED) is 0.500. The van der Waals surface area contributed by atoms with Crippen LogP contribution in [0.1, 0.15) is 11.1 Å². The second kappa shape index (κ2) is 7.82. The van der Waals surface area contributed by atoms with Crippen molar-refractivity contribution in [3.63, 3.8) is 0 Å². The molecule has 0 radical (unpaired) electrons. The van der Waals surface area contributed by atoms with E-state index >= 15 is 0 Å². The molecule has 2 aromatic rings. The van der Waals surface area contributed by atoms with Gasteiger partial charge in [-0.1, -0.05) is 17.7 Å². The van der Waals surface area contributed by atoms with Crippen LogP contribution in [0.4, 0.5) is 10.1 Å². The van der Waals surface area contributed by atoms with E-state index in [4.69, 9.17) is 4.74 Å². The van der Waals surface area contributed by atoms with E-state index in [1.165, 1.54) is 0 Å². The molecule has 0 aliphatic rings. The van der Waals surface area contributed by atoms with Crippen LogP contribution in [0.15, 0.2) is 47.6 Å². The van der Waals surface area contributed by atoms with Crippen LogP contribution in [-0.4, -0.2) is 23.7 Å². The van der Waals surface area contributed by atoms with Crippen molar-refractivity contribution < 1.29 is 18.8 Å². The average Bonchev–Trinajstić information content (AvgIpc) is 2.56. The molecule has 0 spiro atoms. The Labute approximate surface area is 136 Å². The Bertz CT molecular complexity index is 775. The number of nitrogens with one attached hydrogen (secondary N) is 1. The van der Waals surface area contributed by atoms with Gasteiger partial charge in [-0.05, 0) is 25.1 Å². The Balaban J connectivity index is 1.89. The molecule has 0 unspecified atom stereocenters. The van der Waals surface area contributed by atoms with E-state index in [2.05, 4.69) is 10.5 Å². The van der Waals surface area contributed by atoms with Crippen molar-refractivity contribution in [2.75, 3.05) is 6.61 Å². The van der Waals surface area contributed by atoms with Crippen LogP contribution in [0.3, 0.4) is 0 Å². The highest BCUT2D eigenvalue weighted by molar-refractivity contribution is 5.83. The summed E-state index contributed by atoms with van der Waals surface area (Å²) in [6.07, 6.45) is 0.992. The number of nitrogens with zero attached hydrogens (tertiary/aromatic N) is 2. The standard InChI is InChI=1S/C16H14FN3O4/c1-11-2-5-14(6-3-11)24-10-16(21)19-18-9-12-8-13(20(22)23)4-7-15(12)17/h2-9H,10H2,1H3,(H,19,21)/b18-9+. The van der Waals surface area contributed by atoms with Crippen molar-refractivity contribution in [2.45, 2.75) is 6.92 Å². The molecule has 0 heterocycles. The molecule has 0 aromatic heterocycles. The number of hydrogen-bond donors (Lipinski definition) is 1. The molecule has 124 valence electrons. The number of non-ortho nitro benzene ring substituents is 1. The number of rotatable bonds is 6. The summed E-state index contributed by atoms with van der Waals surface area (Å²) < 4.78 is 18.8. The van der Waals surface area contributed by atoms with E-state index in [1.54, 1.807) is 12.1 Å². The van der Waals surface area contributed by atoms with E-state index < -0.39 is 16.6 Å². The summed E-state index contributed by atoms with van der Waals surface area (Å²) >= 11 is 0. The first kappa shape index (κ1) is 17.1. The summed E-state index contributed by atoms with van der Waals surface area (Å²) in [5.74, 6) is -0.698. The van der Waals surface area contributed by atoms with Gasteiger partial charge in [0.05, 0.1) is 11.1 Å². The summed E-state index contributed by atoms with van der Waals surface area (Å²) in [6, 6.07) is 10.2. The minimum atomic E-state index is -0.686. The molecule has 2 rings (SSSR count). The van der Waals surface area contributed by atoms with Gasteiger partial charge in [-0.25, -0.2) is 9.82 Å². The summed E-state index contributed by atoms with van der Waals surface area (Å²) in [6.45, 7) is 1.66. The maximum absolute atomic E-state index is 13.5. The van der Waals surface area contributed by atoms with Crippen LogP contribution < -0.4 is 10.2 Å². The molecule has 1 amide bonds. The lowest BCUT2D eigenvalue weighted by molar-refractivity contribution is -0.384. The molecule has 0 saturated heterocycles. The highest BCUT2D eigenvalue weighted by Crippen LogP contribution is 2.15. The van der Waals surface area contributed by atoms with Gasteiger partial charge < -0.3 is 4.74 Å². The third-order valence-corrected chi connectivity index (χ3v) is 2.97. The van der Waals surface area contributed by atoms with Crippen molar-refractivity contribution in [1.29, 1.82) is 0 Å². The lowest BCUT2D eigenvalue weighted by atomic mass is 10.2. The highest BCUT2D eigenvalue weighted by atomic mass is 19.1. The van der Waals surface area contributed by atoms with Crippen LogP contribution in [0.25, 0.3) is 0 Å². The number of halogens is 1. The first-order valence-corrected chi connectivity index (χ1v) is 6.91. The number of ether oxygens (including phenoxy) is 1. The third kappa shape index (κ3) is 4.87. The normalized spacial score (nSPS) is 10.6. The second-order valence-electron chi connectivity index (χ2n) is 4.86. The van der Waals surface area contributed by atoms with Gasteiger partial charge >= 0.3 is 0 Å². The molecule has 0 saturated carbocycles. The first-order valence-electron chi connectivity index (χ1n) is 6.91. The van der Waals surface area contributed by atoms with Crippen LogP contribution in [0.2, 0.25) is 0 Å². The highest BCUT2D eigenvalue weighted by Gasteiger charge is 2.09. The summed E-state index contributed by atoms with van der Waals surface area (Å²) in [5, 5.41) is 14.2. The number of nitro benzene ring substituents is 1. The summed E-state index contributed by atoms with van der Waals surface area (Å²) in [4.78, 5) is 21.6. The van der Waals surface area contributed by atoms with Crippen LogP contribution in [-0.2, 0) is 4.79 Å². The molecule has 24 heavy (non-hydrogen) atoms. The van der Waals surface area contributed by atoms with E-state index in [9.17, 15) is 19.3 Å². The fourth-order valence-corrected chi connectivity index (χ4v) is 1.73. The van der Waals surface area contributed by atoms with E-state index in [0.29, 0.717) is 5.75 Å². The molecule has 0 fully saturated rings. The van der Waals surface area contributed by atoms with Crippen LogP contribution in [0, 0.1) is 22.9 Å². The van der Waals surface area contributed by atoms with E-state index in [1.807, 2.05) is 19.1 Å². The van der Waals surface area contributed by atoms with Crippen LogP contribution in [0.5, 0.6) is 5.75 Å². The number of benzene rings is 2. The largest absolute Gasteiger partial charge is 0.484 e. The minimum Gasteiger partial charge on any atom is -0.484 e. The molecule has 0 atom stereocenters. The summed E-state index contributed by atoms with van der Waals surface area (Å²) in [5.41, 5.74) is 2.84. The zero-order valence-corrected chi connectivity index (χ0v) is 12.7. The molecule has 0 aliphatic heterocycles. The zero-order chi connectivity index (χ0) is 17.5. The maximum atomic E-state index is 13.5. The third-order valence-electron chi connectivity index (χ3n) is 2.97. The van der Waals surface area contributed by atoms with Gasteiger partial charge in [0.1, 0.15) is 11.6 Å². The van der Waals surface area contributed by atoms with Gasteiger partial charge in [0.2, 0.25) is 0 Å². The topological polar surface area (TPSA) is 93.8 Å². The van der Waals surface area contributed by atoms with Gasteiger partial charge in [-0.3, -0.25) is 14.9 Å². The van der Waals surface area contributed by atoms with Crippen molar-refractivity contribution in [3.8, 4) is 5.75 Å². The fourth-order valence-electron chi connectivity index (χ4n) is 1.73. The van der Waals surface area contributed by atoms with Gasteiger partial charge in [-0.15, -0.1) is 0 Å². The molecule has 8 heteroatoms. The molecular formula is C16H14FN3O4. The molecule has 0 bridgehead atoms. The van der Waals surface area contributed by atoms with E-state index in [-0.39, 0.29) is 17.9 Å². The van der Waals surface area contributed by atoms with Gasteiger partial charge in [0, 0.05) is 17.7 Å².